The van der Waals surface area contributed by atoms with E-state index in [2.05, 4.69) is 37.9 Å². The minimum atomic E-state index is 0.489. The molecule has 1 aliphatic heterocycles. The van der Waals surface area contributed by atoms with Crippen molar-refractivity contribution < 1.29 is 0 Å². The summed E-state index contributed by atoms with van der Waals surface area (Å²) in [6.45, 7) is 14.4. The minimum absolute atomic E-state index is 0.489. The number of hydrogen-bond acceptors (Lipinski definition) is 2. The van der Waals surface area contributed by atoms with E-state index in [0.29, 0.717) is 11.5 Å². The van der Waals surface area contributed by atoms with E-state index in [0.717, 1.165) is 6.54 Å². The van der Waals surface area contributed by atoms with Gasteiger partial charge in [-0.2, -0.15) is 0 Å². The second-order valence-corrected chi connectivity index (χ2v) is 6.54. The van der Waals surface area contributed by atoms with Crippen molar-refractivity contribution in [1.82, 2.24) is 10.2 Å². The molecule has 1 heterocycles. The van der Waals surface area contributed by atoms with Gasteiger partial charge < -0.3 is 10.2 Å². The van der Waals surface area contributed by atoms with Gasteiger partial charge in [0.05, 0.1) is 0 Å². The van der Waals surface area contributed by atoms with Crippen molar-refractivity contribution in [3.8, 4) is 0 Å². The molecule has 0 aliphatic carbocycles. The monoisotopic (exact) mass is 240 g/mol. The average Bonchev–Trinajstić information content (AvgIpc) is 2.43. The summed E-state index contributed by atoms with van der Waals surface area (Å²) in [6.07, 6.45) is 6.79. The number of hydrogen-bond donors (Lipinski definition) is 1. The maximum Gasteiger partial charge on any atom is 0.0107 e. The minimum Gasteiger partial charge on any atom is -0.313 e. The number of nitrogens with zero attached hydrogens (tertiary/aromatic N) is 1. The van der Waals surface area contributed by atoms with Crippen LogP contribution in [0.5, 0.6) is 0 Å². The van der Waals surface area contributed by atoms with Crippen LogP contribution in [0.4, 0.5) is 0 Å². The quantitative estimate of drug-likeness (QED) is 0.717. The molecule has 2 nitrogen and oxygen atoms in total. The molecule has 17 heavy (non-hydrogen) atoms. The van der Waals surface area contributed by atoms with Crippen molar-refractivity contribution in [1.29, 1.82) is 0 Å². The Morgan fingerprint density at radius 2 is 2.00 bits per heavy atom. The molecule has 0 bridgehead atoms. The molecule has 102 valence electrons. The molecule has 0 aromatic rings. The molecule has 0 aromatic carbocycles. The van der Waals surface area contributed by atoms with Gasteiger partial charge in [-0.1, -0.05) is 40.0 Å². The summed E-state index contributed by atoms with van der Waals surface area (Å²) in [5, 5.41) is 3.57. The third-order valence-electron chi connectivity index (χ3n) is 3.91. The van der Waals surface area contributed by atoms with Gasteiger partial charge in [0.15, 0.2) is 0 Å². The van der Waals surface area contributed by atoms with Gasteiger partial charge in [-0.05, 0) is 31.7 Å². The second kappa shape index (κ2) is 7.38. The fourth-order valence-corrected chi connectivity index (χ4v) is 2.76. The normalized spacial score (nSPS) is 23.6. The Morgan fingerprint density at radius 1 is 1.24 bits per heavy atom. The first-order valence-corrected chi connectivity index (χ1v) is 7.49. The molecule has 0 spiro atoms. The Kier molecular flexibility index (Phi) is 6.50. The zero-order chi connectivity index (χ0) is 12.7. The van der Waals surface area contributed by atoms with Crippen LogP contribution >= 0.6 is 0 Å². The predicted molar refractivity (Wildman–Crippen MR) is 76.4 cm³/mol. The van der Waals surface area contributed by atoms with Crippen LogP contribution in [0.2, 0.25) is 0 Å². The number of unbranched alkanes of at least 4 members (excludes halogenated alkanes) is 2. The molecule has 1 N–H and O–H groups in total. The Labute approximate surface area is 108 Å². The molecular weight excluding hydrogens is 208 g/mol. The molecule has 1 aliphatic rings. The Hall–Kier alpha value is -0.0800. The van der Waals surface area contributed by atoms with Gasteiger partial charge >= 0.3 is 0 Å². The van der Waals surface area contributed by atoms with Crippen LogP contribution in [0.15, 0.2) is 0 Å². The zero-order valence-electron chi connectivity index (χ0n) is 12.4. The number of nitrogens with one attached hydrogen (secondary N) is 1. The highest BCUT2D eigenvalue weighted by atomic mass is 15.2. The molecule has 0 amide bonds. The second-order valence-electron chi connectivity index (χ2n) is 6.54. The van der Waals surface area contributed by atoms with Gasteiger partial charge in [0, 0.05) is 25.7 Å². The van der Waals surface area contributed by atoms with Crippen LogP contribution in [0, 0.1) is 5.41 Å². The van der Waals surface area contributed by atoms with Crippen LogP contribution in [-0.2, 0) is 0 Å². The van der Waals surface area contributed by atoms with E-state index in [-0.39, 0.29) is 0 Å². The standard InChI is InChI=1S/C15H32N2/c1-5-6-7-9-15(3,4)13-17-11-8-14(2)16-10-12-17/h14,16H,5-13H2,1-4H3. The molecule has 1 atom stereocenters. The lowest BCUT2D eigenvalue weighted by molar-refractivity contribution is 0.173. The summed E-state index contributed by atoms with van der Waals surface area (Å²) < 4.78 is 0. The molecule has 0 aromatic heterocycles. The van der Waals surface area contributed by atoms with Gasteiger partial charge in [0.2, 0.25) is 0 Å². The van der Waals surface area contributed by atoms with Crippen LogP contribution in [0.25, 0.3) is 0 Å². The topological polar surface area (TPSA) is 15.3 Å². The first kappa shape index (κ1) is 15.0. The van der Waals surface area contributed by atoms with Crippen LogP contribution in [0.1, 0.15) is 59.8 Å². The Morgan fingerprint density at radius 3 is 2.71 bits per heavy atom. The SMILES string of the molecule is CCCCCC(C)(C)CN1CCNC(C)CC1. The molecule has 1 fully saturated rings. The van der Waals surface area contributed by atoms with E-state index < -0.39 is 0 Å². The van der Waals surface area contributed by atoms with Crippen molar-refractivity contribution in [3.05, 3.63) is 0 Å². The third-order valence-corrected chi connectivity index (χ3v) is 3.91. The zero-order valence-corrected chi connectivity index (χ0v) is 12.4. The Balaban J connectivity index is 2.30. The van der Waals surface area contributed by atoms with Crippen LogP contribution < -0.4 is 5.32 Å². The van der Waals surface area contributed by atoms with E-state index >= 15 is 0 Å². The third kappa shape index (κ3) is 6.42. The molecule has 2 heteroatoms. The van der Waals surface area contributed by atoms with Gasteiger partial charge in [-0.25, -0.2) is 0 Å². The summed E-state index contributed by atoms with van der Waals surface area (Å²) in [5.74, 6) is 0. The highest BCUT2D eigenvalue weighted by Crippen LogP contribution is 2.25. The van der Waals surface area contributed by atoms with Gasteiger partial charge in [-0.15, -0.1) is 0 Å². The maximum absolute atomic E-state index is 3.57. The van der Waals surface area contributed by atoms with Crippen molar-refractivity contribution in [2.45, 2.75) is 65.8 Å². The largest absolute Gasteiger partial charge is 0.313 e. The molecule has 1 unspecified atom stereocenters. The molecule has 0 radical (unpaired) electrons. The predicted octanol–water partition coefficient (Wildman–Crippen LogP) is 3.28. The van der Waals surface area contributed by atoms with E-state index in [1.807, 2.05) is 0 Å². The highest BCUT2D eigenvalue weighted by molar-refractivity contribution is 4.78. The molecular formula is C15H32N2. The fraction of sp³-hybridized carbons (Fsp3) is 1.00. The van der Waals surface area contributed by atoms with Gasteiger partial charge in [0.1, 0.15) is 0 Å². The lowest BCUT2D eigenvalue weighted by Gasteiger charge is -2.32. The van der Waals surface area contributed by atoms with Crippen molar-refractivity contribution in [3.63, 3.8) is 0 Å². The fourth-order valence-electron chi connectivity index (χ4n) is 2.76. The summed E-state index contributed by atoms with van der Waals surface area (Å²) in [5.41, 5.74) is 0.489. The van der Waals surface area contributed by atoms with E-state index in [1.54, 1.807) is 0 Å². The summed E-state index contributed by atoms with van der Waals surface area (Å²) >= 11 is 0. The first-order valence-electron chi connectivity index (χ1n) is 7.49. The number of rotatable bonds is 6. The van der Waals surface area contributed by atoms with Crippen LogP contribution in [-0.4, -0.2) is 37.1 Å². The van der Waals surface area contributed by atoms with Gasteiger partial charge in [-0.3, -0.25) is 0 Å². The summed E-state index contributed by atoms with van der Waals surface area (Å²) in [7, 11) is 0. The van der Waals surface area contributed by atoms with Gasteiger partial charge in [0.25, 0.3) is 0 Å². The van der Waals surface area contributed by atoms with Crippen molar-refractivity contribution in [2.75, 3.05) is 26.2 Å². The molecule has 1 rings (SSSR count). The highest BCUT2D eigenvalue weighted by Gasteiger charge is 2.22. The van der Waals surface area contributed by atoms with E-state index in [1.165, 1.54) is 51.7 Å². The van der Waals surface area contributed by atoms with Crippen LogP contribution in [0.3, 0.4) is 0 Å². The van der Waals surface area contributed by atoms with E-state index in [4.69, 9.17) is 0 Å². The molecule has 0 saturated carbocycles. The van der Waals surface area contributed by atoms with Crippen molar-refractivity contribution >= 4 is 0 Å². The Bertz CT molecular complexity index is 201. The average molecular weight is 240 g/mol. The summed E-state index contributed by atoms with van der Waals surface area (Å²) in [4.78, 5) is 2.66. The molecule has 1 saturated heterocycles. The summed E-state index contributed by atoms with van der Waals surface area (Å²) in [6, 6.07) is 0.697. The van der Waals surface area contributed by atoms with E-state index in [9.17, 15) is 0 Å². The lowest BCUT2D eigenvalue weighted by Crippen LogP contribution is -2.36. The smallest absolute Gasteiger partial charge is 0.0107 e. The lowest BCUT2D eigenvalue weighted by atomic mass is 9.86. The van der Waals surface area contributed by atoms with Crippen molar-refractivity contribution in [2.24, 2.45) is 5.41 Å². The first-order chi connectivity index (χ1) is 8.03. The maximum atomic E-state index is 3.57.